The van der Waals surface area contributed by atoms with Gasteiger partial charge in [0, 0.05) is 23.8 Å². The number of aromatic amines is 1. The van der Waals surface area contributed by atoms with Gasteiger partial charge in [-0.3, -0.25) is 5.10 Å². The van der Waals surface area contributed by atoms with Crippen LogP contribution in [0.1, 0.15) is 37.1 Å². The van der Waals surface area contributed by atoms with E-state index in [9.17, 15) is 5.11 Å². The van der Waals surface area contributed by atoms with Crippen molar-refractivity contribution in [3.63, 3.8) is 0 Å². The Labute approximate surface area is 83.7 Å². The summed E-state index contributed by atoms with van der Waals surface area (Å²) in [6, 6.07) is 0.368. The van der Waals surface area contributed by atoms with Crippen molar-refractivity contribution in [2.45, 2.75) is 38.3 Å². The van der Waals surface area contributed by atoms with Gasteiger partial charge in [0.05, 0.1) is 12.3 Å². The molecule has 78 valence electrons. The van der Waals surface area contributed by atoms with Crippen molar-refractivity contribution < 1.29 is 5.11 Å². The molecule has 2 unspecified atom stereocenters. The Balaban J connectivity index is 2.01. The van der Waals surface area contributed by atoms with Crippen molar-refractivity contribution in [1.82, 2.24) is 15.5 Å². The number of nitrogens with zero attached hydrogens (tertiary/aromatic N) is 1. The SMILES string of the molecule is CC(O)CNC1CCCc2[nH]ncc21. The summed E-state index contributed by atoms with van der Waals surface area (Å²) in [5, 5.41) is 19.6. The van der Waals surface area contributed by atoms with Crippen LogP contribution in [0.2, 0.25) is 0 Å². The first kappa shape index (κ1) is 9.68. The molecule has 14 heavy (non-hydrogen) atoms. The van der Waals surface area contributed by atoms with Crippen LogP contribution < -0.4 is 5.32 Å². The van der Waals surface area contributed by atoms with Crippen molar-refractivity contribution >= 4 is 0 Å². The monoisotopic (exact) mass is 195 g/mol. The van der Waals surface area contributed by atoms with Gasteiger partial charge in [-0.15, -0.1) is 0 Å². The molecule has 0 bridgehead atoms. The van der Waals surface area contributed by atoms with Gasteiger partial charge in [-0.05, 0) is 26.2 Å². The highest BCUT2D eigenvalue weighted by atomic mass is 16.3. The number of nitrogens with one attached hydrogen (secondary N) is 2. The van der Waals surface area contributed by atoms with Crippen molar-refractivity contribution in [2.75, 3.05) is 6.54 Å². The first-order chi connectivity index (χ1) is 6.77. The molecule has 1 heterocycles. The summed E-state index contributed by atoms with van der Waals surface area (Å²) < 4.78 is 0. The third-order valence-corrected chi connectivity index (χ3v) is 2.71. The van der Waals surface area contributed by atoms with Gasteiger partial charge in [0.25, 0.3) is 0 Å². The number of fused-ring (bicyclic) bond motifs is 1. The van der Waals surface area contributed by atoms with Crippen LogP contribution in [0.5, 0.6) is 0 Å². The fourth-order valence-electron chi connectivity index (χ4n) is 1.99. The average molecular weight is 195 g/mol. The Bertz CT molecular complexity index is 295. The number of hydrogen-bond acceptors (Lipinski definition) is 3. The van der Waals surface area contributed by atoms with Crippen LogP contribution >= 0.6 is 0 Å². The number of rotatable bonds is 3. The molecule has 4 heteroatoms. The Morgan fingerprint density at radius 1 is 1.79 bits per heavy atom. The number of aliphatic hydroxyl groups is 1. The molecule has 4 nitrogen and oxygen atoms in total. The zero-order valence-electron chi connectivity index (χ0n) is 8.45. The van der Waals surface area contributed by atoms with Gasteiger partial charge < -0.3 is 10.4 Å². The lowest BCUT2D eigenvalue weighted by Gasteiger charge is -2.23. The van der Waals surface area contributed by atoms with Crippen LogP contribution in [-0.2, 0) is 6.42 Å². The zero-order chi connectivity index (χ0) is 9.97. The maximum Gasteiger partial charge on any atom is 0.0636 e. The molecule has 1 aliphatic carbocycles. The van der Waals surface area contributed by atoms with E-state index in [0.717, 1.165) is 12.8 Å². The highest BCUT2D eigenvalue weighted by molar-refractivity contribution is 5.23. The molecule has 0 radical (unpaired) electrons. The van der Waals surface area contributed by atoms with Gasteiger partial charge in [0.2, 0.25) is 0 Å². The molecular formula is C10H17N3O. The second-order valence-electron chi connectivity index (χ2n) is 4.01. The van der Waals surface area contributed by atoms with E-state index in [1.807, 2.05) is 6.20 Å². The van der Waals surface area contributed by atoms with Gasteiger partial charge in [-0.1, -0.05) is 0 Å². The molecule has 0 saturated heterocycles. The van der Waals surface area contributed by atoms with Crippen LogP contribution in [0.4, 0.5) is 0 Å². The highest BCUT2D eigenvalue weighted by Gasteiger charge is 2.21. The molecule has 1 aromatic rings. The molecular weight excluding hydrogens is 178 g/mol. The van der Waals surface area contributed by atoms with Gasteiger partial charge >= 0.3 is 0 Å². The molecule has 0 aromatic carbocycles. The zero-order valence-corrected chi connectivity index (χ0v) is 8.45. The minimum atomic E-state index is -0.285. The van der Waals surface area contributed by atoms with E-state index in [4.69, 9.17) is 0 Å². The summed E-state index contributed by atoms with van der Waals surface area (Å²) in [6.07, 6.45) is 5.04. The van der Waals surface area contributed by atoms with Crippen LogP contribution in [0.25, 0.3) is 0 Å². The minimum absolute atomic E-state index is 0.285. The summed E-state index contributed by atoms with van der Waals surface area (Å²) in [5.74, 6) is 0. The lowest BCUT2D eigenvalue weighted by Crippen LogP contribution is -2.30. The maximum absolute atomic E-state index is 9.20. The highest BCUT2D eigenvalue weighted by Crippen LogP contribution is 2.27. The Kier molecular flexibility index (Phi) is 2.84. The predicted molar refractivity (Wildman–Crippen MR) is 54.0 cm³/mol. The molecule has 0 amide bonds. The molecule has 0 aliphatic heterocycles. The number of aliphatic hydroxyl groups excluding tert-OH is 1. The summed E-state index contributed by atoms with van der Waals surface area (Å²) in [4.78, 5) is 0. The van der Waals surface area contributed by atoms with Crippen molar-refractivity contribution in [2.24, 2.45) is 0 Å². The van der Waals surface area contributed by atoms with Crippen molar-refractivity contribution in [1.29, 1.82) is 0 Å². The smallest absolute Gasteiger partial charge is 0.0636 e. The van der Waals surface area contributed by atoms with E-state index in [0.29, 0.717) is 12.6 Å². The van der Waals surface area contributed by atoms with Gasteiger partial charge in [0.1, 0.15) is 0 Å². The average Bonchev–Trinajstić information content (AvgIpc) is 2.62. The third kappa shape index (κ3) is 1.96. The van der Waals surface area contributed by atoms with Crippen LogP contribution in [0.3, 0.4) is 0 Å². The number of H-pyrrole nitrogens is 1. The lowest BCUT2D eigenvalue weighted by molar-refractivity contribution is 0.184. The topological polar surface area (TPSA) is 60.9 Å². The van der Waals surface area contributed by atoms with E-state index >= 15 is 0 Å². The number of hydrogen-bond donors (Lipinski definition) is 3. The van der Waals surface area contributed by atoms with E-state index < -0.39 is 0 Å². The van der Waals surface area contributed by atoms with Crippen LogP contribution in [0, 0.1) is 0 Å². The van der Waals surface area contributed by atoms with E-state index in [-0.39, 0.29) is 6.10 Å². The van der Waals surface area contributed by atoms with E-state index in [1.54, 1.807) is 6.92 Å². The van der Waals surface area contributed by atoms with Gasteiger partial charge in [0.15, 0.2) is 0 Å². The molecule has 2 rings (SSSR count). The second-order valence-corrected chi connectivity index (χ2v) is 4.01. The fraction of sp³-hybridized carbons (Fsp3) is 0.700. The van der Waals surface area contributed by atoms with Crippen molar-refractivity contribution in [3.05, 3.63) is 17.5 Å². The molecule has 1 aromatic heterocycles. The molecule has 0 fully saturated rings. The summed E-state index contributed by atoms with van der Waals surface area (Å²) in [7, 11) is 0. The summed E-state index contributed by atoms with van der Waals surface area (Å²) in [5.41, 5.74) is 2.52. The van der Waals surface area contributed by atoms with Gasteiger partial charge in [-0.25, -0.2) is 0 Å². The maximum atomic E-state index is 9.20. The largest absolute Gasteiger partial charge is 0.392 e. The Morgan fingerprint density at radius 2 is 2.64 bits per heavy atom. The lowest BCUT2D eigenvalue weighted by atomic mass is 9.93. The van der Waals surface area contributed by atoms with E-state index in [2.05, 4.69) is 15.5 Å². The third-order valence-electron chi connectivity index (χ3n) is 2.71. The molecule has 3 N–H and O–H groups in total. The predicted octanol–water partition coefficient (Wildman–Crippen LogP) is 0.757. The Morgan fingerprint density at radius 3 is 3.43 bits per heavy atom. The van der Waals surface area contributed by atoms with Crippen molar-refractivity contribution in [3.8, 4) is 0 Å². The molecule has 2 atom stereocenters. The Hall–Kier alpha value is -0.870. The summed E-state index contributed by atoms with van der Waals surface area (Å²) >= 11 is 0. The van der Waals surface area contributed by atoms with Gasteiger partial charge in [-0.2, -0.15) is 5.10 Å². The summed E-state index contributed by atoms with van der Waals surface area (Å²) in [6.45, 7) is 2.45. The fourth-order valence-corrected chi connectivity index (χ4v) is 1.99. The number of aryl methyl sites for hydroxylation is 1. The number of aromatic nitrogens is 2. The minimum Gasteiger partial charge on any atom is -0.392 e. The van der Waals surface area contributed by atoms with Crippen LogP contribution in [-0.4, -0.2) is 28.0 Å². The van der Waals surface area contributed by atoms with E-state index in [1.165, 1.54) is 17.7 Å². The second kappa shape index (κ2) is 4.11. The quantitative estimate of drug-likeness (QED) is 0.667. The molecule has 0 spiro atoms. The first-order valence-corrected chi connectivity index (χ1v) is 5.21. The first-order valence-electron chi connectivity index (χ1n) is 5.21. The standard InChI is InChI=1S/C10H17N3O/c1-7(14)5-11-9-3-2-4-10-8(9)6-12-13-10/h6-7,9,11,14H,2-5H2,1H3,(H,12,13). The van der Waals surface area contributed by atoms with Crippen LogP contribution in [0.15, 0.2) is 6.20 Å². The molecule has 0 saturated carbocycles. The molecule has 1 aliphatic rings. The normalized spacial score (nSPS) is 23.1.